The molecule has 1 aromatic heterocycles. The van der Waals surface area contributed by atoms with E-state index in [0.29, 0.717) is 17.7 Å². The van der Waals surface area contributed by atoms with Gasteiger partial charge in [0.25, 0.3) is 0 Å². The molecule has 114 valence electrons. The molecule has 0 unspecified atom stereocenters. The van der Waals surface area contributed by atoms with Gasteiger partial charge in [0, 0.05) is 11.1 Å². The number of aromatic nitrogens is 2. The van der Waals surface area contributed by atoms with Crippen molar-refractivity contribution >= 4 is 22.7 Å². The number of aliphatic hydroxyl groups excluding tert-OH is 1. The number of rotatable bonds is 6. The van der Waals surface area contributed by atoms with Gasteiger partial charge in [0.15, 0.2) is 0 Å². The largest absolute Gasteiger partial charge is 0.451 e. The molecule has 0 spiro atoms. The van der Waals surface area contributed by atoms with Gasteiger partial charge in [0.1, 0.15) is 5.03 Å². The summed E-state index contributed by atoms with van der Waals surface area (Å²) >= 11 is 1.17. The van der Waals surface area contributed by atoms with Crippen LogP contribution in [0.25, 0.3) is 10.9 Å². The molecule has 1 N–H and O–H groups in total. The number of thioether (sulfide) groups is 1. The van der Waals surface area contributed by atoms with E-state index in [1.807, 2.05) is 0 Å². The molecule has 0 fully saturated rings. The predicted molar refractivity (Wildman–Crippen MR) is 73.2 cm³/mol. The number of fused-ring (bicyclic) bond motifs is 1. The first-order valence-corrected chi connectivity index (χ1v) is 7.16. The number of alkyl halides is 3. The summed E-state index contributed by atoms with van der Waals surface area (Å²) in [7, 11) is 0. The van der Waals surface area contributed by atoms with E-state index < -0.39 is 12.0 Å². The minimum atomic E-state index is -4.58. The summed E-state index contributed by atoms with van der Waals surface area (Å²) < 4.78 is 43.5. The maximum atomic E-state index is 12.8. The molecule has 1 aromatic carbocycles. The number of ether oxygens (including phenoxy) is 1. The first-order valence-electron chi connectivity index (χ1n) is 6.18. The molecule has 8 heteroatoms. The third kappa shape index (κ3) is 4.29. The van der Waals surface area contributed by atoms with Crippen LogP contribution in [0.4, 0.5) is 13.2 Å². The molecule has 1 heterocycles. The Balaban J connectivity index is 2.23. The van der Waals surface area contributed by atoms with Crippen molar-refractivity contribution in [1.82, 2.24) is 9.97 Å². The summed E-state index contributed by atoms with van der Waals surface area (Å²) in [4.78, 5) is 7.16. The lowest BCUT2D eigenvalue weighted by atomic mass is 10.2. The van der Waals surface area contributed by atoms with Crippen molar-refractivity contribution in [2.75, 3.05) is 25.6 Å². The van der Waals surface area contributed by atoms with Gasteiger partial charge >= 0.3 is 6.18 Å². The second kappa shape index (κ2) is 7.06. The molecule has 2 aromatic rings. The topological polar surface area (TPSA) is 55.2 Å². The molecule has 0 saturated carbocycles. The van der Waals surface area contributed by atoms with Crippen LogP contribution in [-0.4, -0.2) is 40.6 Å². The zero-order chi connectivity index (χ0) is 15.3. The summed E-state index contributed by atoms with van der Waals surface area (Å²) in [6.45, 7) is 0.448. The Hall–Kier alpha value is -1.38. The molecule has 0 amide bonds. The molecule has 0 saturated heterocycles. The number of hydrogen-bond donors (Lipinski definition) is 1. The van der Waals surface area contributed by atoms with Crippen LogP contribution in [-0.2, 0) is 10.9 Å². The molecule has 0 aliphatic carbocycles. The molecule has 21 heavy (non-hydrogen) atoms. The number of halogens is 3. The van der Waals surface area contributed by atoms with E-state index in [9.17, 15) is 13.2 Å². The maximum absolute atomic E-state index is 12.8. The van der Waals surface area contributed by atoms with E-state index in [-0.39, 0.29) is 23.8 Å². The monoisotopic (exact) mass is 318 g/mol. The van der Waals surface area contributed by atoms with Crippen LogP contribution in [0, 0.1) is 0 Å². The van der Waals surface area contributed by atoms with E-state index >= 15 is 0 Å². The SMILES string of the molecule is OCCOCCSc1nc(C(F)(F)F)nc2ccccc12. The smallest absolute Gasteiger partial charge is 0.394 e. The maximum Gasteiger partial charge on any atom is 0.451 e. The summed E-state index contributed by atoms with van der Waals surface area (Å²) in [5, 5.41) is 9.43. The average molecular weight is 318 g/mol. The highest BCUT2D eigenvalue weighted by Crippen LogP contribution is 2.31. The Morgan fingerprint density at radius 3 is 2.62 bits per heavy atom. The molecular weight excluding hydrogens is 305 g/mol. The molecule has 0 radical (unpaired) electrons. The predicted octanol–water partition coefficient (Wildman–Crippen LogP) is 2.75. The molecule has 0 aliphatic rings. The summed E-state index contributed by atoms with van der Waals surface area (Å²) in [5.41, 5.74) is 0.263. The van der Waals surface area contributed by atoms with Gasteiger partial charge in [-0.2, -0.15) is 13.2 Å². The Labute approximate surface area is 123 Å². The highest BCUT2D eigenvalue weighted by atomic mass is 32.2. The van der Waals surface area contributed by atoms with Crippen LogP contribution in [0.1, 0.15) is 5.82 Å². The highest BCUT2D eigenvalue weighted by Gasteiger charge is 2.35. The average Bonchev–Trinajstić information content (AvgIpc) is 2.45. The van der Waals surface area contributed by atoms with Crippen LogP contribution in [0.15, 0.2) is 29.3 Å². The van der Waals surface area contributed by atoms with Crippen molar-refractivity contribution in [3.63, 3.8) is 0 Å². The quantitative estimate of drug-likeness (QED) is 0.504. The third-order valence-electron chi connectivity index (χ3n) is 2.52. The number of nitrogens with zero attached hydrogens (tertiary/aromatic N) is 2. The van der Waals surface area contributed by atoms with Crippen molar-refractivity contribution in [2.45, 2.75) is 11.2 Å². The minimum Gasteiger partial charge on any atom is -0.394 e. The Kier molecular flexibility index (Phi) is 5.38. The molecular formula is C13H13F3N2O2S. The van der Waals surface area contributed by atoms with Crippen molar-refractivity contribution in [3.05, 3.63) is 30.1 Å². The van der Waals surface area contributed by atoms with Gasteiger partial charge in [-0.15, -0.1) is 11.8 Å². The first-order chi connectivity index (χ1) is 10.0. The van der Waals surface area contributed by atoms with Crippen LogP contribution in [0.2, 0.25) is 0 Å². The van der Waals surface area contributed by atoms with Gasteiger partial charge in [-0.05, 0) is 6.07 Å². The lowest BCUT2D eigenvalue weighted by molar-refractivity contribution is -0.145. The van der Waals surface area contributed by atoms with Gasteiger partial charge in [-0.1, -0.05) is 18.2 Å². The number of hydrogen-bond acceptors (Lipinski definition) is 5. The normalized spacial score (nSPS) is 12.0. The zero-order valence-electron chi connectivity index (χ0n) is 10.9. The summed E-state index contributed by atoms with van der Waals surface area (Å²) in [5.74, 6) is -0.696. The van der Waals surface area contributed by atoms with Gasteiger partial charge in [-0.25, -0.2) is 9.97 Å². The molecule has 0 aliphatic heterocycles. The molecule has 0 atom stereocenters. The van der Waals surface area contributed by atoms with E-state index in [1.165, 1.54) is 17.8 Å². The zero-order valence-corrected chi connectivity index (χ0v) is 11.7. The van der Waals surface area contributed by atoms with Gasteiger partial charge in [0.2, 0.25) is 5.82 Å². The van der Waals surface area contributed by atoms with E-state index in [4.69, 9.17) is 9.84 Å². The Bertz CT molecular complexity index is 607. The fourth-order valence-corrected chi connectivity index (χ4v) is 2.52. The Morgan fingerprint density at radius 1 is 1.14 bits per heavy atom. The molecule has 2 rings (SSSR count). The number of aliphatic hydroxyl groups is 1. The van der Waals surface area contributed by atoms with Crippen molar-refractivity contribution in [2.24, 2.45) is 0 Å². The minimum absolute atomic E-state index is 0.0840. The number of benzene rings is 1. The van der Waals surface area contributed by atoms with E-state index in [1.54, 1.807) is 18.2 Å². The summed E-state index contributed by atoms with van der Waals surface area (Å²) in [6.07, 6.45) is -4.58. The van der Waals surface area contributed by atoms with Crippen LogP contribution in [0.3, 0.4) is 0 Å². The third-order valence-corrected chi connectivity index (χ3v) is 3.48. The van der Waals surface area contributed by atoms with Crippen LogP contribution >= 0.6 is 11.8 Å². The van der Waals surface area contributed by atoms with E-state index in [0.717, 1.165) is 0 Å². The van der Waals surface area contributed by atoms with Gasteiger partial charge < -0.3 is 9.84 Å². The fraction of sp³-hybridized carbons (Fsp3) is 0.385. The van der Waals surface area contributed by atoms with Crippen molar-refractivity contribution in [3.8, 4) is 0 Å². The first kappa shape index (κ1) is 16.0. The summed E-state index contributed by atoms with van der Waals surface area (Å²) in [6, 6.07) is 6.57. The number of para-hydroxylation sites is 1. The van der Waals surface area contributed by atoms with Crippen molar-refractivity contribution in [1.29, 1.82) is 0 Å². The highest BCUT2D eigenvalue weighted by molar-refractivity contribution is 7.99. The van der Waals surface area contributed by atoms with Crippen LogP contribution < -0.4 is 0 Å². The van der Waals surface area contributed by atoms with Gasteiger partial charge in [-0.3, -0.25) is 0 Å². The standard InChI is InChI=1S/C13H13F3N2O2S/c14-13(15,16)12-17-10-4-2-1-3-9(10)11(18-12)21-8-7-20-6-5-19/h1-4,19H,5-8H2. The lowest BCUT2D eigenvalue weighted by Gasteiger charge is -2.10. The molecule has 0 bridgehead atoms. The van der Waals surface area contributed by atoms with Crippen molar-refractivity contribution < 1.29 is 23.0 Å². The molecule has 4 nitrogen and oxygen atoms in total. The van der Waals surface area contributed by atoms with Gasteiger partial charge in [0.05, 0.1) is 25.3 Å². The second-order valence-electron chi connectivity index (χ2n) is 4.05. The second-order valence-corrected chi connectivity index (χ2v) is 5.14. The lowest BCUT2D eigenvalue weighted by Crippen LogP contribution is -2.12. The van der Waals surface area contributed by atoms with E-state index in [2.05, 4.69) is 9.97 Å². The fourth-order valence-electron chi connectivity index (χ4n) is 1.65. The Morgan fingerprint density at radius 2 is 1.90 bits per heavy atom. The van der Waals surface area contributed by atoms with Crippen LogP contribution in [0.5, 0.6) is 0 Å².